The summed E-state index contributed by atoms with van der Waals surface area (Å²) >= 11 is 0. The van der Waals surface area contributed by atoms with Gasteiger partial charge in [0.25, 0.3) is 5.91 Å². The number of amides is 1. The molecule has 0 N–H and O–H groups in total. The minimum absolute atomic E-state index is 0.0129. The average molecular weight is 431 g/mol. The Balaban J connectivity index is 1.80. The normalized spacial score (nSPS) is 15.8. The molecule has 4 rings (SSSR count). The molecule has 3 aromatic rings. The van der Waals surface area contributed by atoms with Crippen LogP contribution < -0.4 is 4.74 Å². The lowest BCUT2D eigenvalue weighted by molar-refractivity contribution is 0.0729. The van der Waals surface area contributed by atoms with E-state index in [1.54, 1.807) is 13.3 Å². The minimum atomic E-state index is -0.103. The standard InChI is InChI=1S/C26H30N4O2/c1-5-8-23-28-16-21(19-12-13-27-15-18(19)3)24(29-23)22-11-7-14-30(22)26(31)20-10-6-9-17(2)25(20)32-4/h6,9-10,12-13,15-16,22H,5,7-8,11,14H2,1-4H3. The van der Waals surface area contributed by atoms with E-state index in [0.717, 1.165) is 59.5 Å². The maximum absolute atomic E-state index is 13.7. The van der Waals surface area contributed by atoms with E-state index in [0.29, 0.717) is 17.9 Å². The van der Waals surface area contributed by atoms with Crippen LogP contribution in [0.15, 0.2) is 42.9 Å². The summed E-state index contributed by atoms with van der Waals surface area (Å²) in [5.41, 5.74) is 5.58. The van der Waals surface area contributed by atoms with Crippen molar-refractivity contribution in [3.8, 4) is 16.9 Å². The van der Waals surface area contributed by atoms with Crippen molar-refractivity contribution in [2.75, 3.05) is 13.7 Å². The molecular formula is C26H30N4O2. The smallest absolute Gasteiger partial charge is 0.258 e. The van der Waals surface area contributed by atoms with Gasteiger partial charge in [0, 0.05) is 37.1 Å². The summed E-state index contributed by atoms with van der Waals surface area (Å²) < 4.78 is 5.58. The second-order valence-electron chi connectivity index (χ2n) is 8.34. The van der Waals surface area contributed by atoms with Crippen molar-refractivity contribution in [1.29, 1.82) is 0 Å². The van der Waals surface area contributed by atoms with Crippen molar-refractivity contribution < 1.29 is 9.53 Å². The Morgan fingerprint density at radius 2 is 2.00 bits per heavy atom. The lowest BCUT2D eigenvalue weighted by Crippen LogP contribution is -2.32. The Morgan fingerprint density at radius 3 is 2.75 bits per heavy atom. The van der Waals surface area contributed by atoms with Crippen molar-refractivity contribution >= 4 is 5.91 Å². The first kappa shape index (κ1) is 21.9. The Labute approximate surface area is 189 Å². The van der Waals surface area contributed by atoms with E-state index in [-0.39, 0.29) is 11.9 Å². The van der Waals surface area contributed by atoms with Gasteiger partial charge in [-0.05, 0) is 61.9 Å². The number of carbonyl (C=O) groups is 1. The van der Waals surface area contributed by atoms with Gasteiger partial charge in [-0.25, -0.2) is 9.97 Å². The number of benzene rings is 1. The van der Waals surface area contributed by atoms with Crippen LogP contribution >= 0.6 is 0 Å². The van der Waals surface area contributed by atoms with Crippen LogP contribution in [0.25, 0.3) is 11.1 Å². The number of hydrogen-bond acceptors (Lipinski definition) is 5. The fourth-order valence-corrected chi connectivity index (χ4v) is 4.56. The maximum atomic E-state index is 13.7. The summed E-state index contributed by atoms with van der Waals surface area (Å²) in [6, 6.07) is 7.62. The van der Waals surface area contributed by atoms with E-state index < -0.39 is 0 Å². The van der Waals surface area contributed by atoms with Gasteiger partial charge in [0.1, 0.15) is 11.6 Å². The van der Waals surface area contributed by atoms with Crippen LogP contribution in [0.1, 0.15) is 65.2 Å². The van der Waals surface area contributed by atoms with Crippen LogP contribution in [0.5, 0.6) is 5.75 Å². The molecule has 1 fully saturated rings. The van der Waals surface area contributed by atoms with Gasteiger partial charge in [-0.1, -0.05) is 19.1 Å². The predicted molar refractivity (Wildman–Crippen MR) is 125 cm³/mol. The predicted octanol–water partition coefficient (Wildman–Crippen LogP) is 5.09. The first-order valence-electron chi connectivity index (χ1n) is 11.3. The Kier molecular flexibility index (Phi) is 6.49. The Bertz CT molecular complexity index is 1130. The fourth-order valence-electron chi connectivity index (χ4n) is 4.56. The number of carbonyl (C=O) groups excluding carboxylic acids is 1. The zero-order valence-electron chi connectivity index (χ0n) is 19.3. The molecule has 6 heteroatoms. The molecule has 6 nitrogen and oxygen atoms in total. The number of methoxy groups -OCH3 is 1. The maximum Gasteiger partial charge on any atom is 0.258 e. The molecule has 0 saturated carbocycles. The molecule has 1 aliphatic heterocycles. The molecular weight excluding hydrogens is 400 g/mol. The molecule has 0 aliphatic carbocycles. The zero-order chi connectivity index (χ0) is 22.7. The monoisotopic (exact) mass is 430 g/mol. The van der Waals surface area contributed by atoms with Gasteiger partial charge in [-0.3, -0.25) is 9.78 Å². The second kappa shape index (κ2) is 9.47. The number of aromatic nitrogens is 3. The first-order chi connectivity index (χ1) is 15.5. The molecule has 3 heterocycles. The largest absolute Gasteiger partial charge is 0.496 e. The van der Waals surface area contributed by atoms with Gasteiger partial charge < -0.3 is 9.64 Å². The van der Waals surface area contributed by atoms with Crippen LogP contribution in [0.2, 0.25) is 0 Å². The summed E-state index contributed by atoms with van der Waals surface area (Å²) in [6.45, 7) is 6.83. The number of pyridine rings is 1. The summed E-state index contributed by atoms with van der Waals surface area (Å²) in [6.07, 6.45) is 9.17. The molecule has 0 bridgehead atoms. The number of rotatable bonds is 6. The zero-order valence-corrected chi connectivity index (χ0v) is 19.3. The van der Waals surface area contributed by atoms with Crippen LogP contribution in [-0.4, -0.2) is 39.4 Å². The van der Waals surface area contributed by atoms with E-state index in [4.69, 9.17) is 9.72 Å². The highest BCUT2D eigenvalue weighted by atomic mass is 16.5. The minimum Gasteiger partial charge on any atom is -0.496 e. The molecule has 1 aliphatic rings. The van der Waals surface area contributed by atoms with Crippen LogP contribution in [0, 0.1) is 13.8 Å². The van der Waals surface area contributed by atoms with Gasteiger partial charge in [0.2, 0.25) is 0 Å². The van der Waals surface area contributed by atoms with E-state index in [2.05, 4.69) is 16.9 Å². The van der Waals surface area contributed by atoms with Gasteiger partial charge in [0.05, 0.1) is 24.4 Å². The number of aryl methyl sites for hydroxylation is 3. The summed E-state index contributed by atoms with van der Waals surface area (Å²) in [7, 11) is 1.62. The third-order valence-corrected chi connectivity index (χ3v) is 6.13. The van der Waals surface area contributed by atoms with Gasteiger partial charge in [-0.15, -0.1) is 0 Å². The summed E-state index contributed by atoms with van der Waals surface area (Å²) in [5, 5.41) is 0. The molecule has 1 amide bonds. The summed E-state index contributed by atoms with van der Waals surface area (Å²) in [5.74, 6) is 1.45. The Hall–Kier alpha value is -3.28. The molecule has 0 radical (unpaired) electrons. The molecule has 166 valence electrons. The highest BCUT2D eigenvalue weighted by Gasteiger charge is 2.35. The quantitative estimate of drug-likeness (QED) is 0.545. The van der Waals surface area contributed by atoms with E-state index in [9.17, 15) is 4.79 Å². The molecule has 1 unspecified atom stereocenters. The van der Waals surface area contributed by atoms with Crippen LogP contribution in [0.3, 0.4) is 0 Å². The van der Waals surface area contributed by atoms with Crippen molar-refractivity contribution in [1.82, 2.24) is 19.9 Å². The Morgan fingerprint density at radius 1 is 1.16 bits per heavy atom. The molecule has 1 saturated heterocycles. The lowest BCUT2D eigenvalue weighted by atomic mass is 9.97. The number of para-hydroxylation sites is 1. The number of hydrogen-bond donors (Lipinski definition) is 0. The van der Waals surface area contributed by atoms with Gasteiger partial charge >= 0.3 is 0 Å². The number of likely N-dealkylation sites (tertiary alicyclic amines) is 1. The highest BCUT2D eigenvalue weighted by Crippen LogP contribution is 2.39. The molecule has 2 aromatic heterocycles. The van der Waals surface area contributed by atoms with Crippen molar-refractivity contribution in [3.05, 3.63) is 71.1 Å². The number of ether oxygens (including phenoxy) is 1. The fraction of sp³-hybridized carbons (Fsp3) is 0.385. The van der Waals surface area contributed by atoms with Crippen LogP contribution in [-0.2, 0) is 6.42 Å². The highest BCUT2D eigenvalue weighted by molar-refractivity contribution is 5.98. The third-order valence-electron chi connectivity index (χ3n) is 6.13. The molecule has 1 aromatic carbocycles. The van der Waals surface area contributed by atoms with Crippen molar-refractivity contribution in [3.63, 3.8) is 0 Å². The van der Waals surface area contributed by atoms with Crippen molar-refractivity contribution in [2.24, 2.45) is 0 Å². The topological polar surface area (TPSA) is 68.2 Å². The van der Waals surface area contributed by atoms with Crippen molar-refractivity contribution in [2.45, 2.75) is 52.5 Å². The van der Waals surface area contributed by atoms with Crippen LogP contribution in [0.4, 0.5) is 0 Å². The molecule has 32 heavy (non-hydrogen) atoms. The molecule has 0 spiro atoms. The number of nitrogens with zero attached hydrogens (tertiary/aromatic N) is 4. The van der Waals surface area contributed by atoms with Gasteiger partial charge in [0.15, 0.2) is 0 Å². The van der Waals surface area contributed by atoms with Gasteiger partial charge in [-0.2, -0.15) is 0 Å². The summed E-state index contributed by atoms with van der Waals surface area (Å²) in [4.78, 5) is 29.5. The molecule has 1 atom stereocenters. The first-order valence-corrected chi connectivity index (χ1v) is 11.3. The SMILES string of the molecule is CCCc1ncc(-c2ccncc2C)c(C2CCCN2C(=O)c2cccc(C)c2OC)n1. The van der Waals surface area contributed by atoms with E-state index >= 15 is 0 Å². The van der Waals surface area contributed by atoms with E-state index in [1.165, 1.54) is 0 Å². The average Bonchev–Trinajstić information content (AvgIpc) is 3.29. The van der Waals surface area contributed by atoms with E-state index in [1.807, 2.05) is 55.4 Å². The second-order valence-corrected chi connectivity index (χ2v) is 8.34. The third kappa shape index (κ3) is 4.09. The lowest BCUT2D eigenvalue weighted by Gasteiger charge is -2.27.